The number of aliphatic carboxylic acids is 1. The van der Waals surface area contributed by atoms with Gasteiger partial charge in [-0.1, -0.05) is 12.1 Å². The van der Waals surface area contributed by atoms with Gasteiger partial charge in [0.05, 0.1) is 12.3 Å². The molecule has 0 spiro atoms. The van der Waals surface area contributed by atoms with Crippen LogP contribution in [-0.4, -0.2) is 58.4 Å². The second-order valence-electron chi connectivity index (χ2n) is 7.36. The number of likely N-dealkylation sites (tertiary alicyclic amines) is 2. The van der Waals surface area contributed by atoms with Crippen molar-refractivity contribution in [1.29, 1.82) is 0 Å². The summed E-state index contributed by atoms with van der Waals surface area (Å²) in [4.78, 5) is 40.1. The van der Waals surface area contributed by atoms with Gasteiger partial charge >= 0.3 is 5.97 Å². The van der Waals surface area contributed by atoms with Crippen LogP contribution in [0.15, 0.2) is 24.3 Å². The van der Waals surface area contributed by atoms with Crippen molar-refractivity contribution >= 4 is 17.8 Å². The molecule has 0 unspecified atom stereocenters. The quantitative estimate of drug-likeness (QED) is 0.873. The number of hydrogen-bond acceptors (Lipinski definition) is 3. The minimum Gasteiger partial charge on any atom is -0.480 e. The molecule has 0 saturated carbocycles. The number of nitrogens with zero attached hydrogens (tertiary/aromatic N) is 2. The van der Waals surface area contributed by atoms with Gasteiger partial charge in [-0.3, -0.25) is 9.59 Å². The average molecular weight is 376 g/mol. The summed E-state index contributed by atoms with van der Waals surface area (Å²) in [5, 5.41) is 9.39. The first-order valence-corrected chi connectivity index (χ1v) is 9.51. The van der Waals surface area contributed by atoms with Crippen LogP contribution in [0.3, 0.4) is 0 Å². The van der Waals surface area contributed by atoms with E-state index in [0.29, 0.717) is 32.5 Å². The number of carbonyl (C=O) groups is 3. The lowest BCUT2D eigenvalue weighted by molar-refractivity contribution is -0.155. The molecule has 0 radical (unpaired) electrons. The highest BCUT2D eigenvalue weighted by molar-refractivity contribution is 5.86. The van der Waals surface area contributed by atoms with Crippen LogP contribution in [-0.2, 0) is 20.8 Å². The molecule has 1 N–H and O–H groups in total. The number of rotatable bonds is 4. The molecule has 6 nitrogen and oxygen atoms in total. The standard InChI is InChI=1S/C20H25FN2O4/c21-16-8-6-14(7-9-16)12-18(24)22-10-3-4-15(13-22)19(25)23-11-2-1-5-17(23)20(26)27/h6-9,15,17H,1-5,10-13H2,(H,26,27)/t15-,17-/m1/s1. The summed E-state index contributed by atoms with van der Waals surface area (Å²) in [5.41, 5.74) is 0.733. The van der Waals surface area contributed by atoms with Crippen molar-refractivity contribution in [3.63, 3.8) is 0 Å². The van der Waals surface area contributed by atoms with E-state index in [0.717, 1.165) is 24.8 Å². The van der Waals surface area contributed by atoms with Gasteiger partial charge in [0, 0.05) is 19.6 Å². The van der Waals surface area contributed by atoms with Crippen molar-refractivity contribution in [2.24, 2.45) is 5.92 Å². The molecule has 1 aromatic carbocycles. The van der Waals surface area contributed by atoms with Gasteiger partial charge in [-0.2, -0.15) is 0 Å². The van der Waals surface area contributed by atoms with E-state index in [9.17, 15) is 23.9 Å². The van der Waals surface area contributed by atoms with Crippen molar-refractivity contribution in [3.05, 3.63) is 35.6 Å². The maximum atomic E-state index is 13.0. The topological polar surface area (TPSA) is 77.9 Å². The summed E-state index contributed by atoms with van der Waals surface area (Å²) in [5.74, 6) is -1.89. The Hall–Kier alpha value is -2.44. The fourth-order valence-electron chi connectivity index (χ4n) is 3.98. The molecule has 2 aliphatic heterocycles. The number of piperidine rings is 2. The number of carbonyl (C=O) groups excluding carboxylic acids is 2. The van der Waals surface area contributed by atoms with Gasteiger partial charge in [-0.05, 0) is 49.8 Å². The molecule has 7 heteroatoms. The largest absolute Gasteiger partial charge is 0.480 e. The van der Waals surface area contributed by atoms with E-state index in [1.165, 1.54) is 17.0 Å². The van der Waals surface area contributed by atoms with E-state index in [2.05, 4.69) is 0 Å². The zero-order chi connectivity index (χ0) is 19.4. The first-order chi connectivity index (χ1) is 13.0. The third-order valence-electron chi connectivity index (χ3n) is 5.46. The molecule has 2 amide bonds. The number of halogens is 1. The summed E-state index contributed by atoms with van der Waals surface area (Å²) in [6.45, 7) is 1.38. The monoisotopic (exact) mass is 376 g/mol. The molecule has 27 heavy (non-hydrogen) atoms. The first kappa shape index (κ1) is 19.3. The number of benzene rings is 1. The lowest BCUT2D eigenvalue weighted by atomic mass is 9.93. The molecule has 1 aromatic rings. The maximum Gasteiger partial charge on any atom is 0.326 e. The minimum atomic E-state index is -0.955. The first-order valence-electron chi connectivity index (χ1n) is 9.51. The van der Waals surface area contributed by atoms with Crippen molar-refractivity contribution in [2.45, 2.75) is 44.6 Å². The highest BCUT2D eigenvalue weighted by Crippen LogP contribution is 2.25. The van der Waals surface area contributed by atoms with E-state index < -0.39 is 12.0 Å². The van der Waals surface area contributed by atoms with Crippen LogP contribution in [0.2, 0.25) is 0 Å². The number of hydrogen-bond donors (Lipinski definition) is 1. The highest BCUT2D eigenvalue weighted by Gasteiger charge is 2.37. The number of amides is 2. The Morgan fingerprint density at radius 3 is 2.48 bits per heavy atom. The molecule has 0 aromatic heterocycles. The lowest BCUT2D eigenvalue weighted by Gasteiger charge is -2.38. The minimum absolute atomic E-state index is 0.0902. The van der Waals surface area contributed by atoms with Gasteiger partial charge in [0.15, 0.2) is 0 Å². The van der Waals surface area contributed by atoms with E-state index in [1.54, 1.807) is 17.0 Å². The zero-order valence-corrected chi connectivity index (χ0v) is 15.3. The van der Waals surface area contributed by atoms with Crippen molar-refractivity contribution in [2.75, 3.05) is 19.6 Å². The lowest BCUT2D eigenvalue weighted by Crippen LogP contribution is -2.53. The Morgan fingerprint density at radius 1 is 1.04 bits per heavy atom. The number of carboxylic acid groups (broad SMARTS) is 1. The Kier molecular flexibility index (Phi) is 6.08. The molecular weight excluding hydrogens is 351 g/mol. The Balaban J connectivity index is 1.62. The van der Waals surface area contributed by atoms with Gasteiger partial charge in [-0.25, -0.2) is 9.18 Å². The van der Waals surface area contributed by atoms with Crippen molar-refractivity contribution in [3.8, 4) is 0 Å². The Labute approximate surface area is 157 Å². The molecule has 2 fully saturated rings. The molecule has 146 valence electrons. The Morgan fingerprint density at radius 2 is 1.78 bits per heavy atom. The maximum absolute atomic E-state index is 13.0. The Bertz CT molecular complexity index is 706. The van der Waals surface area contributed by atoms with Crippen LogP contribution in [0.1, 0.15) is 37.7 Å². The number of carboxylic acids is 1. The third-order valence-corrected chi connectivity index (χ3v) is 5.46. The predicted molar refractivity (Wildman–Crippen MR) is 96.4 cm³/mol. The predicted octanol–water partition coefficient (Wildman–Crippen LogP) is 2.07. The van der Waals surface area contributed by atoms with Gasteiger partial charge in [0.1, 0.15) is 11.9 Å². The summed E-state index contributed by atoms with van der Waals surface area (Å²) >= 11 is 0. The van der Waals surface area contributed by atoms with Crippen molar-refractivity contribution < 1.29 is 23.9 Å². The van der Waals surface area contributed by atoms with Gasteiger partial charge in [0.25, 0.3) is 0 Å². The second kappa shape index (κ2) is 8.50. The molecule has 2 saturated heterocycles. The van der Waals surface area contributed by atoms with Crippen LogP contribution in [0.4, 0.5) is 4.39 Å². The molecular formula is C20H25FN2O4. The SMILES string of the molecule is O=C(O)[C@H]1CCCCN1C(=O)[C@@H]1CCCN(C(=O)Cc2ccc(F)cc2)C1. The van der Waals surface area contributed by atoms with E-state index in [-0.39, 0.29) is 30.0 Å². The average Bonchev–Trinajstić information content (AvgIpc) is 2.69. The molecule has 0 aliphatic carbocycles. The second-order valence-corrected chi connectivity index (χ2v) is 7.36. The van der Waals surface area contributed by atoms with Crippen molar-refractivity contribution in [1.82, 2.24) is 9.80 Å². The summed E-state index contributed by atoms with van der Waals surface area (Å²) < 4.78 is 13.0. The fourth-order valence-corrected chi connectivity index (χ4v) is 3.98. The van der Waals surface area contributed by atoms with Crippen LogP contribution in [0.25, 0.3) is 0 Å². The summed E-state index contributed by atoms with van der Waals surface area (Å²) in [6, 6.07) is 5.08. The third kappa shape index (κ3) is 4.64. The molecule has 0 bridgehead atoms. The van der Waals surface area contributed by atoms with Crippen LogP contribution >= 0.6 is 0 Å². The highest BCUT2D eigenvalue weighted by atomic mass is 19.1. The molecule has 2 heterocycles. The molecule has 2 aliphatic rings. The fraction of sp³-hybridized carbons (Fsp3) is 0.550. The van der Waals surface area contributed by atoms with Gasteiger partial charge in [0.2, 0.25) is 11.8 Å². The van der Waals surface area contributed by atoms with E-state index in [4.69, 9.17) is 0 Å². The smallest absolute Gasteiger partial charge is 0.326 e. The molecule has 3 rings (SSSR count). The summed E-state index contributed by atoms with van der Waals surface area (Å²) in [6.07, 6.45) is 3.67. The normalized spacial score (nSPS) is 23.1. The van der Waals surface area contributed by atoms with Gasteiger partial charge in [-0.15, -0.1) is 0 Å². The van der Waals surface area contributed by atoms with Crippen LogP contribution in [0, 0.1) is 11.7 Å². The van der Waals surface area contributed by atoms with E-state index >= 15 is 0 Å². The summed E-state index contributed by atoms with van der Waals surface area (Å²) in [7, 11) is 0. The van der Waals surface area contributed by atoms with Gasteiger partial charge < -0.3 is 14.9 Å². The van der Waals surface area contributed by atoms with Crippen LogP contribution < -0.4 is 0 Å². The van der Waals surface area contributed by atoms with E-state index in [1.807, 2.05) is 0 Å². The van der Waals surface area contributed by atoms with Crippen LogP contribution in [0.5, 0.6) is 0 Å². The zero-order valence-electron chi connectivity index (χ0n) is 15.3. The molecule has 2 atom stereocenters.